The number of carbonyl (C=O) groups is 1. The predicted octanol–water partition coefficient (Wildman–Crippen LogP) is -1.48. The van der Waals surface area contributed by atoms with Crippen molar-refractivity contribution in [2.75, 3.05) is 6.61 Å². The van der Waals surface area contributed by atoms with Crippen LogP contribution in [0.4, 0.5) is 4.39 Å². The van der Waals surface area contributed by atoms with Crippen LogP contribution in [0.5, 0.6) is 0 Å². The summed E-state index contributed by atoms with van der Waals surface area (Å²) in [5.74, 6) is -0.821. The van der Waals surface area contributed by atoms with Gasteiger partial charge < -0.3 is 20.3 Å². The highest BCUT2D eigenvalue weighted by atomic mass is 19.1. The van der Waals surface area contributed by atoms with Crippen LogP contribution in [0.1, 0.15) is 5.56 Å². The van der Waals surface area contributed by atoms with Crippen LogP contribution in [0.15, 0.2) is 46.1 Å². The summed E-state index contributed by atoms with van der Waals surface area (Å²) in [4.78, 5) is 37.1. The highest BCUT2D eigenvalue weighted by Crippen LogP contribution is 2.17. The summed E-state index contributed by atoms with van der Waals surface area (Å²) in [5, 5.41) is 23.2. The van der Waals surface area contributed by atoms with E-state index in [2.05, 4.69) is 10.3 Å². The zero-order valence-corrected chi connectivity index (χ0v) is 14.7. The van der Waals surface area contributed by atoms with Crippen LogP contribution < -0.4 is 16.6 Å². The Morgan fingerprint density at radius 1 is 1.21 bits per heavy atom. The molecular formula is C18H20FN3O6. The quantitative estimate of drug-likeness (QED) is 0.490. The van der Waals surface area contributed by atoms with Gasteiger partial charge in [0.15, 0.2) is 0 Å². The third-order valence-electron chi connectivity index (χ3n) is 4.53. The molecule has 0 radical (unpaired) electrons. The third kappa shape index (κ3) is 4.71. The number of amides is 1. The summed E-state index contributed by atoms with van der Waals surface area (Å²) in [5.41, 5.74) is -0.608. The Morgan fingerprint density at radius 2 is 1.93 bits per heavy atom. The Kier molecular flexibility index (Phi) is 6.02. The molecule has 1 aliphatic heterocycles. The standard InChI is InChI=1S/C18H20FN3O6/c19-11-3-1-10(2-4-11)7-15(24)20-12-9-28-13(17(26)16(12)25)8-22-6-5-14(23)21-18(22)27/h1-6,12-13,16-17,25-26H,7-9H2,(H,20,24)(H,21,23,27)/t12-,13-,16+,17-/m1/s1. The number of nitrogens with zero attached hydrogens (tertiary/aromatic N) is 1. The van der Waals surface area contributed by atoms with Gasteiger partial charge >= 0.3 is 5.69 Å². The van der Waals surface area contributed by atoms with E-state index in [1.54, 1.807) is 0 Å². The molecule has 150 valence electrons. The number of rotatable bonds is 5. The number of halogens is 1. The van der Waals surface area contributed by atoms with Gasteiger partial charge in [-0.25, -0.2) is 9.18 Å². The normalized spacial score (nSPS) is 24.7. The first-order chi connectivity index (χ1) is 13.3. The molecule has 3 rings (SSSR count). The molecule has 4 atom stereocenters. The first-order valence-corrected chi connectivity index (χ1v) is 8.65. The smallest absolute Gasteiger partial charge is 0.328 e. The van der Waals surface area contributed by atoms with Gasteiger partial charge in [-0.2, -0.15) is 0 Å². The summed E-state index contributed by atoms with van der Waals surface area (Å²) in [7, 11) is 0. The van der Waals surface area contributed by atoms with Gasteiger partial charge in [0.1, 0.15) is 24.1 Å². The average Bonchev–Trinajstić information content (AvgIpc) is 2.65. The van der Waals surface area contributed by atoms with Crippen molar-refractivity contribution in [2.24, 2.45) is 0 Å². The van der Waals surface area contributed by atoms with Crippen LogP contribution >= 0.6 is 0 Å². The van der Waals surface area contributed by atoms with Gasteiger partial charge in [0.25, 0.3) is 5.56 Å². The number of benzene rings is 1. The Balaban J connectivity index is 1.58. The van der Waals surface area contributed by atoms with Crippen LogP contribution in [-0.4, -0.2) is 56.6 Å². The molecule has 4 N–H and O–H groups in total. The van der Waals surface area contributed by atoms with Crippen molar-refractivity contribution < 1.29 is 24.1 Å². The largest absolute Gasteiger partial charge is 0.388 e. The lowest BCUT2D eigenvalue weighted by Crippen LogP contribution is -2.60. The van der Waals surface area contributed by atoms with Crippen molar-refractivity contribution in [2.45, 2.75) is 37.3 Å². The minimum Gasteiger partial charge on any atom is -0.388 e. The van der Waals surface area contributed by atoms with E-state index in [9.17, 15) is 29.0 Å². The minimum absolute atomic E-state index is 0.0181. The molecule has 1 fully saturated rings. The van der Waals surface area contributed by atoms with Crippen molar-refractivity contribution in [1.29, 1.82) is 0 Å². The monoisotopic (exact) mass is 393 g/mol. The zero-order valence-electron chi connectivity index (χ0n) is 14.7. The van der Waals surface area contributed by atoms with Crippen LogP contribution in [-0.2, 0) is 22.5 Å². The molecule has 0 bridgehead atoms. The Hall–Kier alpha value is -2.82. The summed E-state index contributed by atoms with van der Waals surface area (Å²) < 4.78 is 19.6. The van der Waals surface area contributed by atoms with Crippen molar-refractivity contribution in [1.82, 2.24) is 14.9 Å². The first-order valence-electron chi connectivity index (χ1n) is 8.65. The van der Waals surface area contributed by atoms with Gasteiger partial charge in [-0.15, -0.1) is 0 Å². The zero-order chi connectivity index (χ0) is 20.3. The molecule has 28 heavy (non-hydrogen) atoms. The molecule has 10 heteroatoms. The van der Waals surface area contributed by atoms with Crippen LogP contribution in [0.3, 0.4) is 0 Å². The first kappa shape index (κ1) is 19.9. The van der Waals surface area contributed by atoms with E-state index in [0.717, 1.165) is 10.6 Å². The molecule has 1 aliphatic rings. The van der Waals surface area contributed by atoms with Gasteiger partial charge in [-0.05, 0) is 17.7 Å². The van der Waals surface area contributed by atoms with Crippen molar-refractivity contribution in [3.8, 4) is 0 Å². The average molecular weight is 393 g/mol. The number of aliphatic hydroxyl groups is 2. The Labute approximate surface area is 158 Å². The summed E-state index contributed by atoms with van der Waals surface area (Å²) in [6.45, 7) is -0.153. The number of hydrogen-bond acceptors (Lipinski definition) is 6. The lowest BCUT2D eigenvalue weighted by atomic mass is 9.97. The molecule has 1 saturated heterocycles. The summed E-state index contributed by atoms with van der Waals surface area (Å²) >= 11 is 0. The maximum atomic E-state index is 12.9. The Morgan fingerprint density at radius 3 is 2.61 bits per heavy atom. The second-order valence-electron chi connectivity index (χ2n) is 6.59. The number of nitrogens with one attached hydrogen (secondary N) is 2. The number of H-pyrrole nitrogens is 1. The number of aromatic nitrogens is 2. The summed E-state index contributed by atoms with van der Waals surface area (Å²) in [6.07, 6.45) is -2.32. The van der Waals surface area contributed by atoms with Crippen molar-refractivity contribution in [3.63, 3.8) is 0 Å². The number of ether oxygens (including phenoxy) is 1. The SMILES string of the molecule is O=C(Cc1ccc(F)cc1)N[C@@H]1CO[C@H](Cn2ccc(=O)[nH]c2=O)[C@@H](O)[C@H]1O. The van der Waals surface area contributed by atoms with E-state index in [-0.39, 0.29) is 19.6 Å². The molecule has 1 aromatic heterocycles. The fraction of sp³-hybridized carbons (Fsp3) is 0.389. The van der Waals surface area contributed by atoms with Crippen LogP contribution in [0.25, 0.3) is 0 Å². The number of carbonyl (C=O) groups excluding carboxylic acids is 1. The van der Waals surface area contributed by atoms with E-state index >= 15 is 0 Å². The fourth-order valence-electron chi connectivity index (χ4n) is 3.00. The van der Waals surface area contributed by atoms with E-state index in [0.29, 0.717) is 5.56 Å². The van der Waals surface area contributed by atoms with Crippen molar-refractivity contribution in [3.05, 3.63) is 68.7 Å². The molecule has 0 saturated carbocycles. The molecule has 2 heterocycles. The second kappa shape index (κ2) is 8.46. The van der Waals surface area contributed by atoms with E-state index in [1.807, 2.05) is 0 Å². The summed E-state index contributed by atoms with van der Waals surface area (Å²) in [6, 6.07) is 5.77. The highest BCUT2D eigenvalue weighted by molar-refractivity contribution is 5.78. The molecule has 1 aromatic carbocycles. The van der Waals surface area contributed by atoms with Gasteiger partial charge in [-0.3, -0.25) is 19.1 Å². The lowest BCUT2D eigenvalue weighted by molar-refractivity contribution is -0.158. The lowest BCUT2D eigenvalue weighted by Gasteiger charge is -2.38. The van der Waals surface area contributed by atoms with Gasteiger partial charge in [0, 0.05) is 12.3 Å². The second-order valence-corrected chi connectivity index (χ2v) is 6.59. The number of hydrogen-bond donors (Lipinski definition) is 4. The molecular weight excluding hydrogens is 373 g/mol. The van der Waals surface area contributed by atoms with Crippen LogP contribution in [0, 0.1) is 5.82 Å². The molecule has 0 aliphatic carbocycles. The van der Waals surface area contributed by atoms with Gasteiger partial charge in [0.2, 0.25) is 5.91 Å². The molecule has 2 aromatic rings. The minimum atomic E-state index is -1.36. The van der Waals surface area contributed by atoms with Gasteiger partial charge in [-0.1, -0.05) is 12.1 Å². The molecule has 0 spiro atoms. The van der Waals surface area contributed by atoms with Crippen LogP contribution in [0.2, 0.25) is 0 Å². The maximum absolute atomic E-state index is 12.9. The highest BCUT2D eigenvalue weighted by Gasteiger charge is 2.39. The van der Waals surface area contributed by atoms with E-state index in [4.69, 9.17) is 4.74 Å². The fourth-order valence-corrected chi connectivity index (χ4v) is 3.00. The topological polar surface area (TPSA) is 134 Å². The Bertz CT molecular complexity index is 941. The molecule has 0 unspecified atom stereocenters. The third-order valence-corrected chi connectivity index (χ3v) is 4.53. The maximum Gasteiger partial charge on any atom is 0.328 e. The molecule has 9 nitrogen and oxygen atoms in total. The number of aromatic amines is 1. The predicted molar refractivity (Wildman–Crippen MR) is 95.1 cm³/mol. The van der Waals surface area contributed by atoms with Crippen molar-refractivity contribution >= 4 is 5.91 Å². The van der Waals surface area contributed by atoms with E-state index in [1.165, 1.54) is 30.5 Å². The number of aliphatic hydroxyl groups excluding tert-OH is 2. The van der Waals surface area contributed by atoms with Gasteiger partial charge in [0.05, 0.1) is 25.6 Å². The molecule has 1 amide bonds. The van der Waals surface area contributed by atoms with E-state index < -0.39 is 47.3 Å².